The highest BCUT2D eigenvalue weighted by Crippen LogP contribution is 2.23. The minimum absolute atomic E-state index is 0.265. The van der Waals surface area contributed by atoms with Gasteiger partial charge in [0.05, 0.1) is 29.0 Å². The van der Waals surface area contributed by atoms with Crippen molar-refractivity contribution in [3.8, 4) is 11.3 Å². The van der Waals surface area contributed by atoms with Crippen LogP contribution in [0.1, 0.15) is 30.5 Å². The number of nitrogens with one attached hydrogen (secondary N) is 1. The Hall–Kier alpha value is -3.35. The zero-order valence-corrected chi connectivity index (χ0v) is 15.0. The first-order valence-corrected chi connectivity index (χ1v) is 9.05. The third-order valence-electron chi connectivity index (χ3n) is 4.70. The molecule has 1 saturated heterocycles. The van der Waals surface area contributed by atoms with Gasteiger partial charge >= 0.3 is 0 Å². The van der Waals surface area contributed by atoms with Crippen molar-refractivity contribution in [1.29, 1.82) is 5.41 Å². The molecule has 0 aliphatic carbocycles. The highest BCUT2D eigenvalue weighted by Gasteiger charge is 2.17. The number of nitrogens with two attached hydrogens (primary N) is 1. The molecule has 0 amide bonds. The molecule has 27 heavy (non-hydrogen) atoms. The Kier molecular flexibility index (Phi) is 4.74. The van der Waals surface area contributed by atoms with Gasteiger partial charge in [0, 0.05) is 42.8 Å². The second kappa shape index (κ2) is 7.49. The lowest BCUT2D eigenvalue weighted by molar-refractivity contribution is 0.568. The molecule has 4 heterocycles. The van der Waals surface area contributed by atoms with E-state index >= 15 is 0 Å². The average Bonchev–Trinajstić information content (AvgIpc) is 2.75. The van der Waals surface area contributed by atoms with Gasteiger partial charge in [-0.25, -0.2) is 9.97 Å². The largest absolute Gasteiger partial charge is 0.397 e. The normalized spacial score (nSPS) is 14.1. The molecule has 136 valence electrons. The van der Waals surface area contributed by atoms with Crippen LogP contribution in [-0.4, -0.2) is 38.7 Å². The van der Waals surface area contributed by atoms with E-state index in [0.717, 1.165) is 37.2 Å². The summed E-state index contributed by atoms with van der Waals surface area (Å²) in [6.45, 7) is 1.92. The van der Waals surface area contributed by atoms with Gasteiger partial charge < -0.3 is 10.6 Å². The van der Waals surface area contributed by atoms with Gasteiger partial charge in [-0.3, -0.25) is 15.4 Å². The Labute approximate surface area is 157 Å². The van der Waals surface area contributed by atoms with Gasteiger partial charge in [-0.2, -0.15) is 0 Å². The number of rotatable bonds is 4. The van der Waals surface area contributed by atoms with Crippen molar-refractivity contribution in [2.45, 2.75) is 19.3 Å². The molecule has 0 saturated carbocycles. The highest BCUT2D eigenvalue weighted by molar-refractivity contribution is 6.13. The summed E-state index contributed by atoms with van der Waals surface area (Å²) in [4.78, 5) is 19.7. The summed E-state index contributed by atoms with van der Waals surface area (Å²) in [5, 5.41) is 8.65. The van der Waals surface area contributed by atoms with Crippen LogP contribution in [0.4, 0.5) is 11.6 Å². The average molecular weight is 359 g/mol. The quantitative estimate of drug-likeness (QED) is 0.694. The maximum absolute atomic E-state index is 8.65. The summed E-state index contributed by atoms with van der Waals surface area (Å²) in [7, 11) is 0. The third-order valence-corrected chi connectivity index (χ3v) is 4.70. The fourth-order valence-corrected chi connectivity index (χ4v) is 3.23. The van der Waals surface area contributed by atoms with Gasteiger partial charge in [0.15, 0.2) is 0 Å². The molecule has 0 atom stereocenters. The molecule has 0 radical (unpaired) electrons. The van der Waals surface area contributed by atoms with Gasteiger partial charge in [0.1, 0.15) is 0 Å². The van der Waals surface area contributed by atoms with Crippen LogP contribution in [0.5, 0.6) is 0 Å². The lowest BCUT2D eigenvalue weighted by Gasteiger charge is -2.26. The number of hydrogen-bond donors (Lipinski definition) is 2. The van der Waals surface area contributed by atoms with Crippen molar-refractivity contribution in [1.82, 2.24) is 19.9 Å². The fourth-order valence-electron chi connectivity index (χ4n) is 3.23. The highest BCUT2D eigenvalue weighted by atomic mass is 15.2. The number of nitrogen functional groups attached to an aromatic ring is 1. The zero-order chi connectivity index (χ0) is 18.6. The predicted octanol–water partition coefficient (Wildman–Crippen LogP) is 2.92. The van der Waals surface area contributed by atoms with Gasteiger partial charge in [0.25, 0.3) is 0 Å². The molecule has 0 aromatic carbocycles. The lowest BCUT2D eigenvalue weighted by Crippen LogP contribution is -2.31. The number of nitrogens with zero attached hydrogens (tertiary/aromatic N) is 5. The fraction of sp³-hybridized carbons (Fsp3) is 0.250. The van der Waals surface area contributed by atoms with Crippen LogP contribution in [0.15, 0.2) is 49.1 Å². The van der Waals surface area contributed by atoms with E-state index in [4.69, 9.17) is 11.1 Å². The summed E-state index contributed by atoms with van der Waals surface area (Å²) in [5.41, 5.74) is 9.59. The summed E-state index contributed by atoms with van der Waals surface area (Å²) < 4.78 is 0. The molecule has 1 aliphatic heterocycles. The first-order chi connectivity index (χ1) is 13.2. The SMILES string of the molecule is N=C(c1ccnc(N2CCCCC2)n1)c1cc(-c2cccnc2)ncc1N. The van der Waals surface area contributed by atoms with Gasteiger partial charge in [-0.15, -0.1) is 0 Å². The van der Waals surface area contributed by atoms with Crippen molar-refractivity contribution in [2.24, 2.45) is 0 Å². The van der Waals surface area contributed by atoms with Crippen molar-refractivity contribution < 1.29 is 0 Å². The molecule has 3 N–H and O–H groups in total. The van der Waals surface area contributed by atoms with E-state index < -0.39 is 0 Å². The minimum atomic E-state index is 0.265. The molecular formula is C20H21N7. The maximum Gasteiger partial charge on any atom is 0.225 e. The molecular weight excluding hydrogens is 338 g/mol. The topological polar surface area (TPSA) is 105 Å². The monoisotopic (exact) mass is 359 g/mol. The van der Waals surface area contributed by atoms with Crippen molar-refractivity contribution in [3.05, 3.63) is 60.3 Å². The maximum atomic E-state index is 8.65. The summed E-state index contributed by atoms with van der Waals surface area (Å²) in [5.74, 6) is 0.678. The van der Waals surface area contributed by atoms with Crippen molar-refractivity contribution in [3.63, 3.8) is 0 Å². The molecule has 4 rings (SSSR count). The molecule has 0 unspecified atom stereocenters. The number of anilines is 2. The molecule has 1 fully saturated rings. The van der Waals surface area contributed by atoms with Crippen LogP contribution in [0.25, 0.3) is 11.3 Å². The Morgan fingerprint density at radius 2 is 1.89 bits per heavy atom. The lowest BCUT2D eigenvalue weighted by atomic mass is 10.0. The number of piperidine rings is 1. The Morgan fingerprint density at radius 3 is 2.67 bits per heavy atom. The van der Waals surface area contributed by atoms with E-state index in [-0.39, 0.29) is 5.71 Å². The number of hydrogen-bond acceptors (Lipinski definition) is 7. The first kappa shape index (κ1) is 17.1. The minimum Gasteiger partial charge on any atom is -0.397 e. The molecule has 3 aromatic heterocycles. The summed E-state index contributed by atoms with van der Waals surface area (Å²) in [6.07, 6.45) is 10.3. The van der Waals surface area contributed by atoms with E-state index in [1.54, 1.807) is 30.9 Å². The predicted molar refractivity (Wildman–Crippen MR) is 106 cm³/mol. The number of aromatic nitrogens is 4. The molecule has 7 heteroatoms. The van der Waals surface area contributed by atoms with Gasteiger partial charge in [-0.05, 0) is 43.5 Å². The van der Waals surface area contributed by atoms with Crippen LogP contribution in [0.3, 0.4) is 0 Å². The van der Waals surface area contributed by atoms with Crippen LogP contribution >= 0.6 is 0 Å². The first-order valence-electron chi connectivity index (χ1n) is 9.05. The van der Waals surface area contributed by atoms with E-state index in [1.165, 1.54) is 6.42 Å². The Morgan fingerprint density at radius 1 is 1.04 bits per heavy atom. The van der Waals surface area contributed by atoms with Crippen LogP contribution in [0.2, 0.25) is 0 Å². The smallest absolute Gasteiger partial charge is 0.225 e. The van der Waals surface area contributed by atoms with Gasteiger partial charge in [-0.1, -0.05) is 0 Å². The molecule has 0 spiro atoms. The van der Waals surface area contributed by atoms with Gasteiger partial charge in [0.2, 0.25) is 5.95 Å². The molecule has 7 nitrogen and oxygen atoms in total. The van der Waals surface area contributed by atoms with E-state index in [1.807, 2.05) is 18.2 Å². The molecule has 1 aliphatic rings. The van der Waals surface area contributed by atoms with E-state index in [9.17, 15) is 0 Å². The van der Waals surface area contributed by atoms with Crippen LogP contribution < -0.4 is 10.6 Å². The Bertz CT molecular complexity index is 950. The van der Waals surface area contributed by atoms with Crippen LogP contribution in [-0.2, 0) is 0 Å². The number of pyridine rings is 2. The van der Waals surface area contributed by atoms with Crippen molar-refractivity contribution >= 4 is 17.3 Å². The Balaban J connectivity index is 1.66. The summed E-state index contributed by atoms with van der Waals surface area (Å²) in [6, 6.07) is 7.35. The molecule has 3 aromatic rings. The second-order valence-corrected chi connectivity index (χ2v) is 6.56. The van der Waals surface area contributed by atoms with E-state index in [2.05, 4.69) is 24.8 Å². The zero-order valence-electron chi connectivity index (χ0n) is 15.0. The standard InChI is InChI=1S/C20H21N7/c21-16-13-25-18(14-5-4-7-23-12-14)11-15(16)19(22)17-6-8-24-20(26-17)27-9-2-1-3-10-27/h4-8,11-13,22H,1-3,9-10,21H2. The summed E-state index contributed by atoms with van der Waals surface area (Å²) >= 11 is 0. The van der Waals surface area contributed by atoms with E-state index in [0.29, 0.717) is 22.9 Å². The van der Waals surface area contributed by atoms with Crippen LogP contribution in [0, 0.1) is 5.41 Å². The second-order valence-electron chi connectivity index (χ2n) is 6.56. The van der Waals surface area contributed by atoms with Crippen molar-refractivity contribution in [2.75, 3.05) is 23.7 Å². The molecule has 0 bridgehead atoms. The third kappa shape index (κ3) is 3.62.